The van der Waals surface area contributed by atoms with Crippen molar-refractivity contribution < 1.29 is 4.79 Å². The van der Waals surface area contributed by atoms with Crippen LogP contribution in [0, 0.1) is 12.8 Å². The third kappa shape index (κ3) is 4.37. The van der Waals surface area contributed by atoms with Crippen LogP contribution in [0.3, 0.4) is 0 Å². The lowest BCUT2D eigenvalue weighted by atomic mass is 10.1. The minimum absolute atomic E-state index is 0.159. The highest BCUT2D eigenvalue weighted by atomic mass is 16.2. The summed E-state index contributed by atoms with van der Waals surface area (Å²) in [4.78, 5) is 39.6. The van der Waals surface area contributed by atoms with Gasteiger partial charge < -0.3 is 5.32 Å². The molecule has 1 amide bonds. The third-order valence-electron chi connectivity index (χ3n) is 5.19. The molecule has 1 N–H and O–H groups in total. The van der Waals surface area contributed by atoms with Crippen molar-refractivity contribution in [2.24, 2.45) is 5.92 Å². The van der Waals surface area contributed by atoms with E-state index in [1.54, 1.807) is 12.1 Å². The number of aromatic nitrogens is 2. The summed E-state index contributed by atoms with van der Waals surface area (Å²) in [7, 11) is 0. The van der Waals surface area contributed by atoms with Crippen LogP contribution in [0.4, 0.5) is 0 Å². The van der Waals surface area contributed by atoms with E-state index in [4.69, 9.17) is 0 Å². The van der Waals surface area contributed by atoms with Crippen molar-refractivity contribution in [1.29, 1.82) is 0 Å². The van der Waals surface area contributed by atoms with E-state index < -0.39 is 11.7 Å². The van der Waals surface area contributed by atoms with Gasteiger partial charge in [-0.1, -0.05) is 62.7 Å². The Kier molecular flexibility index (Phi) is 6.55. The lowest BCUT2D eigenvalue weighted by Crippen LogP contribution is -2.45. The molecule has 0 aliphatic carbocycles. The number of hydrogen-bond donors (Lipinski definition) is 1. The number of aryl methyl sites for hydroxylation is 1. The lowest BCUT2D eigenvalue weighted by Gasteiger charge is -2.22. The molecule has 2 aromatic carbocycles. The van der Waals surface area contributed by atoms with E-state index in [9.17, 15) is 14.4 Å². The number of nitrogens with zero attached hydrogens (tertiary/aromatic N) is 2. The maximum atomic E-state index is 13.5. The molecule has 0 spiro atoms. The Hall–Kier alpha value is -3.15. The third-order valence-corrected chi connectivity index (χ3v) is 5.19. The molecule has 0 saturated carbocycles. The van der Waals surface area contributed by atoms with Crippen molar-refractivity contribution >= 4 is 16.8 Å². The zero-order valence-electron chi connectivity index (χ0n) is 18.0. The number of hydrogen-bond acceptors (Lipinski definition) is 3. The van der Waals surface area contributed by atoms with Gasteiger partial charge in [-0.25, -0.2) is 4.79 Å². The first-order chi connectivity index (χ1) is 14.3. The molecule has 6 nitrogen and oxygen atoms in total. The van der Waals surface area contributed by atoms with Crippen LogP contribution in [-0.4, -0.2) is 21.6 Å². The van der Waals surface area contributed by atoms with Crippen LogP contribution in [0.5, 0.6) is 0 Å². The molecule has 0 radical (unpaired) electrons. The molecule has 0 saturated heterocycles. The van der Waals surface area contributed by atoms with Gasteiger partial charge in [-0.3, -0.25) is 18.7 Å². The van der Waals surface area contributed by atoms with Gasteiger partial charge in [0, 0.05) is 6.54 Å². The normalized spacial score (nSPS) is 12.3. The molecule has 0 fully saturated rings. The lowest BCUT2D eigenvalue weighted by molar-refractivity contribution is -0.124. The van der Waals surface area contributed by atoms with Gasteiger partial charge in [-0.15, -0.1) is 0 Å². The van der Waals surface area contributed by atoms with Crippen LogP contribution < -0.4 is 16.6 Å². The molecule has 158 valence electrons. The smallest absolute Gasteiger partial charge is 0.332 e. The summed E-state index contributed by atoms with van der Waals surface area (Å²) in [6, 6.07) is 14.1. The van der Waals surface area contributed by atoms with Gasteiger partial charge in [-0.05, 0) is 37.0 Å². The van der Waals surface area contributed by atoms with Crippen LogP contribution in [0.1, 0.15) is 44.4 Å². The van der Waals surface area contributed by atoms with Crippen molar-refractivity contribution in [3.63, 3.8) is 0 Å². The van der Waals surface area contributed by atoms with Gasteiger partial charge in [0.1, 0.15) is 6.04 Å². The Labute approximate surface area is 176 Å². The molecule has 30 heavy (non-hydrogen) atoms. The Morgan fingerprint density at radius 3 is 2.40 bits per heavy atom. The van der Waals surface area contributed by atoms with Gasteiger partial charge in [0.15, 0.2) is 0 Å². The first-order valence-electron chi connectivity index (χ1n) is 10.4. The summed E-state index contributed by atoms with van der Waals surface area (Å²) in [5.41, 5.74) is 1.47. The number of rotatable bonds is 7. The summed E-state index contributed by atoms with van der Waals surface area (Å²) in [6.45, 7) is 8.51. The number of amides is 1. The number of carbonyl (C=O) groups excluding carboxylic acids is 1. The van der Waals surface area contributed by atoms with E-state index in [1.165, 1.54) is 9.13 Å². The molecule has 0 aliphatic heterocycles. The highest BCUT2D eigenvalue weighted by Gasteiger charge is 2.24. The average Bonchev–Trinajstić information content (AvgIpc) is 2.73. The van der Waals surface area contributed by atoms with Crippen LogP contribution in [0.2, 0.25) is 0 Å². The molecule has 0 unspecified atom stereocenters. The quantitative estimate of drug-likeness (QED) is 0.653. The molecule has 1 heterocycles. The highest BCUT2D eigenvalue weighted by molar-refractivity contribution is 5.84. The second-order valence-electron chi connectivity index (χ2n) is 8.11. The van der Waals surface area contributed by atoms with E-state index >= 15 is 0 Å². The molecular formula is C24H29N3O3. The molecule has 3 aromatic rings. The van der Waals surface area contributed by atoms with Gasteiger partial charge in [0.05, 0.1) is 17.4 Å². The zero-order chi connectivity index (χ0) is 21.8. The van der Waals surface area contributed by atoms with Gasteiger partial charge >= 0.3 is 5.69 Å². The maximum absolute atomic E-state index is 13.5. The minimum atomic E-state index is -0.691. The Balaban J connectivity index is 2.22. The van der Waals surface area contributed by atoms with E-state index in [0.717, 1.165) is 11.1 Å². The van der Waals surface area contributed by atoms with E-state index in [1.807, 2.05) is 64.1 Å². The van der Waals surface area contributed by atoms with Crippen molar-refractivity contribution in [3.8, 4) is 0 Å². The summed E-state index contributed by atoms with van der Waals surface area (Å²) < 4.78 is 2.71. The molecular weight excluding hydrogens is 378 g/mol. The van der Waals surface area contributed by atoms with Gasteiger partial charge in [0.2, 0.25) is 5.91 Å². The highest BCUT2D eigenvalue weighted by Crippen LogP contribution is 2.18. The maximum Gasteiger partial charge on any atom is 0.332 e. The molecule has 1 aromatic heterocycles. The largest absolute Gasteiger partial charge is 0.354 e. The molecule has 3 rings (SSSR count). The van der Waals surface area contributed by atoms with E-state index in [-0.39, 0.29) is 18.0 Å². The molecule has 1 atom stereocenters. The van der Waals surface area contributed by atoms with Gasteiger partial charge in [-0.2, -0.15) is 0 Å². The summed E-state index contributed by atoms with van der Waals surface area (Å²) in [5, 5.41) is 3.38. The number of benzene rings is 2. The summed E-state index contributed by atoms with van der Waals surface area (Å²) in [5.74, 6) is 0.0923. The topological polar surface area (TPSA) is 73.1 Å². The van der Waals surface area contributed by atoms with Crippen molar-refractivity contribution in [3.05, 3.63) is 80.5 Å². The van der Waals surface area contributed by atoms with Crippen molar-refractivity contribution in [1.82, 2.24) is 14.5 Å². The van der Waals surface area contributed by atoms with Crippen LogP contribution in [0.15, 0.2) is 58.1 Å². The fraction of sp³-hybridized carbons (Fsp3) is 0.375. The van der Waals surface area contributed by atoms with Crippen LogP contribution in [0.25, 0.3) is 10.9 Å². The van der Waals surface area contributed by atoms with Crippen molar-refractivity contribution in [2.45, 2.75) is 46.7 Å². The second kappa shape index (κ2) is 9.11. The second-order valence-corrected chi connectivity index (χ2v) is 8.11. The summed E-state index contributed by atoms with van der Waals surface area (Å²) in [6.07, 6.45) is 0.441. The molecule has 6 heteroatoms. The summed E-state index contributed by atoms with van der Waals surface area (Å²) >= 11 is 0. The monoisotopic (exact) mass is 407 g/mol. The standard InChI is InChI=1S/C24H29N3O3/c1-5-20(22(28)25-14-16(2)3)27-21-12-11-17(4)13-19(21)23(29)26(24(27)30)15-18-9-7-6-8-10-18/h6-13,16,20H,5,14-15H2,1-4H3,(H,25,28)/t20-/m0/s1. The number of nitrogens with one attached hydrogen (secondary N) is 1. The fourth-order valence-electron chi connectivity index (χ4n) is 3.61. The number of fused-ring (bicyclic) bond motifs is 1. The van der Waals surface area contributed by atoms with Crippen LogP contribution in [-0.2, 0) is 11.3 Å². The van der Waals surface area contributed by atoms with Gasteiger partial charge in [0.25, 0.3) is 5.56 Å². The zero-order valence-corrected chi connectivity index (χ0v) is 18.0. The molecule has 0 aliphatic rings. The van der Waals surface area contributed by atoms with E-state index in [2.05, 4.69) is 5.32 Å². The predicted molar refractivity (Wildman–Crippen MR) is 120 cm³/mol. The molecule has 0 bridgehead atoms. The first-order valence-corrected chi connectivity index (χ1v) is 10.4. The minimum Gasteiger partial charge on any atom is -0.354 e. The van der Waals surface area contributed by atoms with E-state index in [0.29, 0.717) is 29.8 Å². The van der Waals surface area contributed by atoms with Crippen molar-refractivity contribution in [2.75, 3.05) is 6.54 Å². The predicted octanol–water partition coefficient (Wildman–Crippen LogP) is 3.24. The average molecular weight is 408 g/mol. The fourth-order valence-corrected chi connectivity index (χ4v) is 3.61. The number of carbonyl (C=O) groups is 1. The SMILES string of the molecule is CC[C@@H](C(=O)NCC(C)C)n1c(=O)n(Cc2ccccc2)c(=O)c2cc(C)ccc21. The Morgan fingerprint density at radius 2 is 1.77 bits per heavy atom. The Bertz CT molecular complexity index is 1160. The Morgan fingerprint density at radius 1 is 1.07 bits per heavy atom. The van der Waals surface area contributed by atoms with Crippen LogP contribution >= 0.6 is 0 Å². The first kappa shape index (κ1) is 21.6.